The van der Waals surface area contributed by atoms with E-state index in [1.54, 1.807) is 0 Å². The van der Waals surface area contributed by atoms with Crippen LogP contribution in [0.3, 0.4) is 0 Å². The SMILES string of the molecule is NCCC(=O)c1cc(Br)ccc1OCC1CCC1. The van der Waals surface area contributed by atoms with Crippen LogP contribution in [0.4, 0.5) is 0 Å². The zero-order chi connectivity index (χ0) is 13.0. The fourth-order valence-corrected chi connectivity index (χ4v) is 2.34. The van der Waals surface area contributed by atoms with Gasteiger partial charge >= 0.3 is 0 Å². The summed E-state index contributed by atoms with van der Waals surface area (Å²) < 4.78 is 6.67. The van der Waals surface area contributed by atoms with Gasteiger partial charge < -0.3 is 10.5 Å². The molecule has 0 saturated heterocycles. The number of ketones is 1. The standard InChI is InChI=1S/C14H18BrNO2/c15-11-4-5-14(18-9-10-2-1-3-10)12(8-11)13(17)6-7-16/h4-5,8,10H,1-3,6-7,9,16H2. The Balaban J connectivity index is 2.08. The molecule has 0 spiro atoms. The summed E-state index contributed by atoms with van der Waals surface area (Å²) >= 11 is 3.38. The molecule has 1 aromatic rings. The summed E-state index contributed by atoms with van der Waals surface area (Å²) in [5.41, 5.74) is 6.07. The molecular formula is C14H18BrNO2. The Labute approximate surface area is 116 Å². The Morgan fingerprint density at radius 1 is 1.44 bits per heavy atom. The fourth-order valence-electron chi connectivity index (χ4n) is 1.98. The first-order valence-electron chi connectivity index (χ1n) is 6.36. The molecule has 0 aliphatic heterocycles. The lowest BCUT2D eigenvalue weighted by Gasteiger charge is -2.25. The summed E-state index contributed by atoms with van der Waals surface area (Å²) in [4.78, 5) is 12.0. The van der Waals surface area contributed by atoms with Gasteiger partial charge in [0, 0.05) is 10.9 Å². The zero-order valence-electron chi connectivity index (χ0n) is 10.3. The summed E-state index contributed by atoms with van der Waals surface area (Å²) in [6.07, 6.45) is 4.13. The van der Waals surface area contributed by atoms with Crippen molar-refractivity contribution in [2.24, 2.45) is 11.7 Å². The first-order chi connectivity index (χ1) is 8.70. The lowest BCUT2D eigenvalue weighted by molar-refractivity contribution is 0.0978. The van der Waals surface area contributed by atoms with Crippen molar-refractivity contribution in [3.8, 4) is 5.75 Å². The normalized spacial score (nSPS) is 15.2. The number of Topliss-reactive ketones (excluding diaryl/α,β-unsaturated/α-hetero) is 1. The molecule has 1 fully saturated rings. The highest BCUT2D eigenvalue weighted by Crippen LogP contribution is 2.29. The first-order valence-corrected chi connectivity index (χ1v) is 7.15. The summed E-state index contributed by atoms with van der Waals surface area (Å²) in [5, 5.41) is 0. The van der Waals surface area contributed by atoms with Crippen LogP contribution in [-0.2, 0) is 0 Å². The number of nitrogens with two attached hydrogens (primary N) is 1. The van der Waals surface area contributed by atoms with E-state index < -0.39 is 0 Å². The number of rotatable bonds is 6. The van der Waals surface area contributed by atoms with E-state index in [4.69, 9.17) is 10.5 Å². The molecule has 0 unspecified atom stereocenters. The third-order valence-corrected chi connectivity index (χ3v) is 3.81. The van der Waals surface area contributed by atoms with E-state index in [-0.39, 0.29) is 5.78 Å². The topological polar surface area (TPSA) is 52.3 Å². The van der Waals surface area contributed by atoms with Gasteiger partial charge in [0.15, 0.2) is 5.78 Å². The number of hydrogen-bond acceptors (Lipinski definition) is 3. The molecule has 98 valence electrons. The van der Waals surface area contributed by atoms with Crippen LogP contribution >= 0.6 is 15.9 Å². The number of carbonyl (C=O) groups excluding carboxylic acids is 1. The Hall–Kier alpha value is -0.870. The van der Waals surface area contributed by atoms with Gasteiger partial charge in [-0.2, -0.15) is 0 Å². The Morgan fingerprint density at radius 3 is 2.83 bits per heavy atom. The molecule has 0 bridgehead atoms. The summed E-state index contributed by atoms with van der Waals surface area (Å²) in [5.74, 6) is 1.39. The molecule has 4 heteroatoms. The average Bonchev–Trinajstić information content (AvgIpc) is 2.29. The van der Waals surface area contributed by atoms with Gasteiger partial charge in [0.2, 0.25) is 0 Å². The Kier molecular flexibility index (Phi) is 4.78. The Bertz CT molecular complexity index is 430. The number of carbonyl (C=O) groups is 1. The van der Waals surface area contributed by atoms with Crippen molar-refractivity contribution in [3.05, 3.63) is 28.2 Å². The number of halogens is 1. The minimum atomic E-state index is 0.0439. The van der Waals surface area contributed by atoms with Gasteiger partial charge in [-0.3, -0.25) is 4.79 Å². The van der Waals surface area contributed by atoms with Crippen molar-refractivity contribution < 1.29 is 9.53 Å². The van der Waals surface area contributed by atoms with E-state index in [1.807, 2.05) is 18.2 Å². The Morgan fingerprint density at radius 2 is 2.22 bits per heavy atom. The fraction of sp³-hybridized carbons (Fsp3) is 0.500. The van der Waals surface area contributed by atoms with Crippen molar-refractivity contribution in [1.29, 1.82) is 0 Å². The predicted molar refractivity (Wildman–Crippen MR) is 75.0 cm³/mol. The van der Waals surface area contributed by atoms with Crippen LogP contribution < -0.4 is 10.5 Å². The molecule has 0 atom stereocenters. The van der Waals surface area contributed by atoms with Crippen molar-refractivity contribution in [2.45, 2.75) is 25.7 Å². The molecule has 18 heavy (non-hydrogen) atoms. The molecule has 1 aliphatic rings. The highest BCUT2D eigenvalue weighted by Gasteiger charge is 2.19. The van der Waals surface area contributed by atoms with E-state index in [2.05, 4.69) is 15.9 Å². The van der Waals surface area contributed by atoms with E-state index in [1.165, 1.54) is 19.3 Å². The number of ether oxygens (including phenoxy) is 1. The van der Waals surface area contributed by atoms with Crippen molar-refractivity contribution in [3.63, 3.8) is 0 Å². The molecule has 1 saturated carbocycles. The molecule has 3 nitrogen and oxygen atoms in total. The van der Waals surface area contributed by atoms with Gasteiger partial charge in [0.25, 0.3) is 0 Å². The molecule has 0 radical (unpaired) electrons. The van der Waals surface area contributed by atoms with Crippen molar-refractivity contribution in [1.82, 2.24) is 0 Å². The smallest absolute Gasteiger partial charge is 0.167 e. The second-order valence-corrected chi connectivity index (χ2v) is 5.63. The van der Waals surface area contributed by atoms with Crippen molar-refractivity contribution >= 4 is 21.7 Å². The highest BCUT2D eigenvalue weighted by molar-refractivity contribution is 9.10. The molecule has 1 aromatic carbocycles. The largest absolute Gasteiger partial charge is 0.493 e. The third kappa shape index (κ3) is 3.33. The quantitative estimate of drug-likeness (QED) is 0.821. The van der Waals surface area contributed by atoms with E-state index in [0.717, 1.165) is 4.47 Å². The van der Waals surface area contributed by atoms with Crippen LogP contribution in [0.15, 0.2) is 22.7 Å². The van der Waals surface area contributed by atoms with Gasteiger partial charge in [-0.25, -0.2) is 0 Å². The summed E-state index contributed by atoms with van der Waals surface area (Å²) in [6.45, 7) is 1.08. The van der Waals surface area contributed by atoms with Crippen LogP contribution in [0.1, 0.15) is 36.0 Å². The average molecular weight is 312 g/mol. The van der Waals surface area contributed by atoms with Crippen molar-refractivity contribution in [2.75, 3.05) is 13.2 Å². The second kappa shape index (κ2) is 6.34. The molecule has 0 amide bonds. The molecule has 1 aliphatic carbocycles. The lowest BCUT2D eigenvalue weighted by Crippen LogP contribution is -2.20. The summed E-state index contributed by atoms with van der Waals surface area (Å²) in [7, 11) is 0. The lowest BCUT2D eigenvalue weighted by atomic mass is 9.86. The minimum absolute atomic E-state index is 0.0439. The van der Waals surface area contributed by atoms with E-state index in [9.17, 15) is 4.79 Å². The molecular weight excluding hydrogens is 294 g/mol. The summed E-state index contributed by atoms with van der Waals surface area (Å²) in [6, 6.07) is 5.57. The number of hydrogen-bond donors (Lipinski definition) is 1. The van der Waals surface area contributed by atoms with Crippen LogP contribution in [0.5, 0.6) is 5.75 Å². The van der Waals surface area contributed by atoms with E-state index in [0.29, 0.717) is 36.8 Å². The maximum Gasteiger partial charge on any atom is 0.167 e. The molecule has 2 rings (SSSR count). The third-order valence-electron chi connectivity index (χ3n) is 3.31. The van der Waals surface area contributed by atoms with Gasteiger partial charge in [-0.1, -0.05) is 22.4 Å². The van der Waals surface area contributed by atoms with Crippen LogP contribution in [-0.4, -0.2) is 18.9 Å². The van der Waals surface area contributed by atoms with Gasteiger partial charge in [-0.15, -0.1) is 0 Å². The maximum atomic E-state index is 12.0. The highest BCUT2D eigenvalue weighted by atomic mass is 79.9. The molecule has 0 heterocycles. The van der Waals surface area contributed by atoms with Crippen LogP contribution in [0.2, 0.25) is 0 Å². The van der Waals surface area contributed by atoms with Crippen LogP contribution in [0, 0.1) is 5.92 Å². The van der Waals surface area contributed by atoms with Crippen LogP contribution in [0.25, 0.3) is 0 Å². The monoisotopic (exact) mass is 311 g/mol. The van der Waals surface area contributed by atoms with E-state index >= 15 is 0 Å². The van der Waals surface area contributed by atoms with Gasteiger partial charge in [0.1, 0.15) is 5.75 Å². The zero-order valence-corrected chi connectivity index (χ0v) is 11.9. The maximum absolute atomic E-state index is 12.0. The van der Waals surface area contributed by atoms with Gasteiger partial charge in [-0.05, 0) is 43.5 Å². The predicted octanol–water partition coefficient (Wildman–Crippen LogP) is 3.16. The second-order valence-electron chi connectivity index (χ2n) is 4.71. The number of benzene rings is 1. The van der Waals surface area contributed by atoms with Gasteiger partial charge in [0.05, 0.1) is 12.2 Å². The first kappa shape index (κ1) is 13.6. The minimum Gasteiger partial charge on any atom is -0.493 e. The molecule has 0 aromatic heterocycles. The molecule has 2 N–H and O–H groups in total.